The van der Waals surface area contributed by atoms with Crippen molar-refractivity contribution in [2.45, 2.75) is 32.1 Å². The molecule has 0 fully saturated rings. The summed E-state index contributed by atoms with van der Waals surface area (Å²) in [7, 11) is -3.36. The van der Waals surface area contributed by atoms with E-state index >= 15 is 0 Å². The highest BCUT2D eigenvalue weighted by molar-refractivity contribution is 7.92. The lowest BCUT2D eigenvalue weighted by molar-refractivity contribution is 0.583. The number of rotatable bonds is 3. The molecule has 1 aliphatic rings. The summed E-state index contributed by atoms with van der Waals surface area (Å²) >= 11 is 0. The Bertz CT molecular complexity index is 768. The molecule has 1 aliphatic heterocycles. The van der Waals surface area contributed by atoms with Gasteiger partial charge in [-0.2, -0.15) is 0 Å². The zero-order chi connectivity index (χ0) is 15.0. The predicted molar refractivity (Wildman–Crippen MR) is 85.9 cm³/mol. The summed E-state index contributed by atoms with van der Waals surface area (Å²) in [6.45, 7) is 3.94. The number of aryl methyl sites for hydroxylation is 1. The average Bonchev–Trinajstić information content (AvgIpc) is 2.74. The molecule has 1 heterocycles. The molecule has 0 bridgehead atoms. The molecule has 2 aromatic carbocycles. The monoisotopic (exact) mass is 301 g/mol. The molecule has 0 unspecified atom stereocenters. The maximum absolute atomic E-state index is 12.8. The van der Waals surface area contributed by atoms with Crippen LogP contribution in [0.2, 0.25) is 0 Å². The van der Waals surface area contributed by atoms with Gasteiger partial charge in [-0.15, -0.1) is 0 Å². The van der Waals surface area contributed by atoms with Crippen LogP contribution >= 0.6 is 0 Å². The third-order valence-corrected chi connectivity index (χ3v) is 5.73. The lowest BCUT2D eigenvalue weighted by Gasteiger charge is -2.24. The minimum atomic E-state index is -3.36. The zero-order valence-corrected chi connectivity index (χ0v) is 13.1. The van der Waals surface area contributed by atoms with Crippen LogP contribution in [0.25, 0.3) is 0 Å². The summed E-state index contributed by atoms with van der Waals surface area (Å²) in [5.74, 6) is 0.0490. The van der Waals surface area contributed by atoms with E-state index in [9.17, 15) is 8.42 Å². The van der Waals surface area contributed by atoms with Crippen LogP contribution in [0.3, 0.4) is 0 Å². The predicted octanol–water partition coefficient (Wildman–Crippen LogP) is 3.28. The second kappa shape index (κ2) is 5.19. The molecule has 110 valence electrons. The van der Waals surface area contributed by atoms with Gasteiger partial charge in [-0.25, -0.2) is 8.42 Å². The van der Waals surface area contributed by atoms with E-state index in [2.05, 4.69) is 0 Å². The first-order chi connectivity index (χ1) is 9.97. The van der Waals surface area contributed by atoms with Crippen molar-refractivity contribution in [2.75, 3.05) is 4.31 Å². The number of nitrogens with zero attached hydrogens (tertiary/aromatic N) is 1. The molecule has 2 aromatic rings. The number of sulfonamides is 1. The number of hydrogen-bond donors (Lipinski definition) is 0. The Labute approximate surface area is 126 Å². The van der Waals surface area contributed by atoms with Crippen molar-refractivity contribution in [2.24, 2.45) is 0 Å². The van der Waals surface area contributed by atoms with Crippen molar-refractivity contribution in [3.8, 4) is 0 Å². The van der Waals surface area contributed by atoms with Gasteiger partial charge in [-0.05, 0) is 37.5 Å². The van der Waals surface area contributed by atoms with Gasteiger partial charge in [0.1, 0.15) is 0 Å². The maximum atomic E-state index is 12.8. The lowest BCUT2D eigenvalue weighted by atomic mass is 10.1. The van der Waals surface area contributed by atoms with E-state index in [4.69, 9.17) is 0 Å². The third-order valence-electron chi connectivity index (χ3n) is 3.88. The molecule has 21 heavy (non-hydrogen) atoms. The molecule has 0 N–H and O–H groups in total. The van der Waals surface area contributed by atoms with Crippen molar-refractivity contribution in [1.82, 2.24) is 0 Å². The Balaban J connectivity index is 1.95. The van der Waals surface area contributed by atoms with Gasteiger partial charge in [-0.1, -0.05) is 48.0 Å². The van der Waals surface area contributed by atoms with Crippen molar-refractivity contribution in [1.29, 1.82) is 0 Å². The molecule has 0 saturated heterocycles. The number of para-hydroxylation sites is 1. The van der Waals surface area contributed by atoms with E-state index < -0.39 is 10.0 Å². The molecule has 0 radical (unpaired) electrons. The highest BCUT2D eigenvalue weighted by Crippen LogP contribution is 2.35. The number of fused-ring (bicyclic) bond motifs is 1. The Morgan fingerprint density at radius 2 is 1.90 bits per heavy atom. The fourth-order valence-corrected chi connectivity index (χ4v) is 4.88. The van der Waals surface area contributed by atoms with Gasteiger partial charge in [0.15, 0.2) is 0 Å². The van der Waals surface area contributed by atoms with Gasteiger partial charge in [0.05, 0.1) is 11.4 Å². The summed E-state index contributed by atoms with van der Waals surface area (Å²) < 4.78 is 27.2. The van der Waals surface area contributed by atoms with E-state index in [1.54, 1.807) is 4.31 Å². The number of benzene rings is 2. The Morgan fingerprint density at radius 1 is 1.14 bits per heavy atom. The molecule has 4 heteroatoms. The second-order valence-electron chi connectivity index (χ2n) is 5.72. The normalized spacial score (nSPS) is 17.8. The fraction of sp³-hybridized carbons (Fsp3) is 0.294. The minimum Gasteiger partial charge on any atom is -0.267 e. The summed E-state index contributed by atoms with van der Waals surface area (Å²) in [6, 6.07) is 15.4. The van der Waals surface area contributed by atoms with Crippen LogP contribution in [0.4, 0.5) is 5.69 Å². The first-order valence-electron chi connectivity index (χ1n) is 7.13. The van der Waals surface area contributed by atoms with E-state index in [-0.39, 0.29) is 11.8 Å². The van der Waals surface area contributed by atoms with Crippen LogP contribution in [0.15, 0.2) is 48.5 Å². The van der Waals surface area contributed by atoms with Crippen molar-refractivity contribution in [3.05, 3.63) is 65.2 Å². The lowest BCUT2D eigenvalue weighted by Crippen LogP contribution is -2.36. The summed E-state index contributed by atoms with van der Waals surface area (Å²) in [5, 5.41) is 0. The zero-order valence-electron chi connectivity index (χ0n) is 12.3. The van der Waals surface area contributed by atoms with Gasteiger partial charge in [0, 0.05) is 6.04 Å². The quantitative estimate of drug-likeness (QED) is 0.872. The van der Waals surface area contributed by atoms with E-state index in [1.165, 1.54) is 0 Å². The van der Waals surface area contributed by atoms with Gasteiger partial charge < -0.3 is 0 Å². The van der Waals surface area contributed by atoms with Crippen molar-refractivity contribution >= 4 is 15.7 Å². The Hall–Kier alpha value is -1.81. The topological polar surface area (TPSA) is 37.4 Å². The largest absolute Gasteiger partial charge is 0.267 e. The van der Waals surface area contributed by atoms with E-state index in [0.717, 1.165) is 28.8 Å². The molecular weight excluding hydrogens is 282 g/mol. The molecule has 0 spiro atoms. The average molecular weight is 301 g/mol. The van der Waals surface area contributed by atoms with Crippen LogP contribution in [-0.4, -0.2) is 14.5 Å². The van der Waals surface area contributed by atoms with Crippen LogP contribution in [0.5, 0.6) is 0 Å². The summed E-state index contributed by atoms with van der Waals surface area (Å²) in [4.78, 5) is 0. The fourth-order valence-electron chi connectivity index (χ4n) is 3.04. The molecule has 0 aliphatic carbocycles. The van der Waals surface area contributed by atoms with Gasteiger partial charge >= 0.3 is 0 Å². The Kier molecular flexibility index (Phi) is 3.49. The molecular formula is C17H19NO2S. The van der Waals surface area contributed by atoms with Gasteiger partial charge in [0.2, 0.25) is 10.0 Å². The SMILES string of the molecule is Cc1cccc(CS(=O)(=O)N2c3ccccc3C[C@H]2C)c1. The minimum absolute atomic E-state index is 0.0165. The maximum Gasteiger partial charge on any atom is 0.239 e. The third kappa shape index (κ3) is 2.68. The Morgan fingerprint density at radius 3 is 2.67 bits per heavy atom. The molecule has 3 nitrogen and oxygen atoms in total. The number of hydrogen-bond acceptors (Lipinski definition) is 2. The molecule has 0 aromatic heterocycles. The summed E-state index contributed by atoms with van der Waals surface area (Å²) in [6.07, 6.45) is 0.781. The molecule has 0 amide bonds. The summed E-state index contributed by atoms with van der Waals surface area (Å²) in [5.41, 5.74) is 3.86. The number of anilines is 1. The van der Waals surface area contributed by atoms with Crippen LogP contribution < -0.4 is 4.31 Å². The van der Waals surface area contributed by atoms with Crippen molar-refractivity contribution in [3.63, 3.8) is 0 Å². The highest BCUT2D eigenvalue weighted by Gasteiger charge is 2.34. The van der Waals surface area contributed by atoms with Gasteiger partial charge in [-0.3, -0.25) is 4.31 Å². The highest BCUT2D eigenvalue weighted by atomic mass is 32.2. The van der Waals surface area contributed by atoms with Gasteiger partial charge in [0.25, 0.3) is 0 Å². The first kappa shape index (κ1) is 14.1. The molecule has 0 saturated carbocycles. The van der Waals surface area contributed by atoms with Crippen LogP contribution in [0.1, 0.15) is 23.6 Å². The molecule has 3 rings (SSSR count). The van der Waals surface area contributed by atoms with E-state index in [1.807, 2.05) is 62.4 Å². The molecule has 1 atom stereocenters. The van der Waals surface area contributed by atoms with Crippen LogP contribution in [0, 0.1) is 6.92 Å². The smallest absolute Gasteiger partial charge is 0.239 e. The van der Waals surface area contributed by atoms with Crippen LogP contribution in [-0.2, 0) is 22.2 Å². The van der Waals surface area contributed by atoms with E-state index in [0.29, 0.717) is 0 Å². The second-order valence-corrected chi connectivity index (χ2v) is 7.57. The standard InChI is InChI=1S/C17H19NO2S/c1-13-6-5-7-15(10-13)12-21(19,20)18-14(2)11-16-8-3-4-9-17(16)18/h3-10,14H,11-12H2,1-2H3/t14-/m1/s1. The van der Waals surface area contributed by atoms with Crippen molar-refractivity contribution < 1.29 is 8.42 Å². The first-order valence-corrected chi connectivity index (χ1v) is 8.74.